The number of amides is 2. The predicted octanol–water partition coefficient (Wildman–Crippen LogP) is 5.01. The zero-order valence-electron chi connectivity index (χ0n) is 25.2. The van der Waals surface area contributed by atoms with Crippen molar-refractivity contribution in [2.45, 2.75) is 51.5 Å². The fraction of sp³-hybridized carbons (Fsp3) is 0.375. The van der Waals surface area contributed by atoms with E-state index in [1.807, 2.05) is 31.2 Å². The molecule has 0 spiro atoms. The number of hydrogen-bond donors (Lipinski definition) is 4. The van der Waals surface area contributed by atoms with Crippen molar-refractivity contribution < 1.29 is 14.7 Å². The Bertz CT molecular complexity index is 1670. The van der Waals surface area contributed by atoms with E-state index in [1.165, 1.54) is 25.0 Å². The maximum absolute atomic E-state index is 12.7. The van der Waals surface area contributed by atoms with Gasteiger partial charge in [0.15, 0.2) is 0 Å². The summed E-state index contributed by atoms with van der Waals surface area (Å²) >= 11 is 0. The molecule has 13 heteroatoms. The Morgan fingerprint density at radius 1 is 0.844 bits per heavy atom. The third-order valence-corrected chi connectivity index (χ3v) is 8.65. The Morgan fingerprint density at radius 2 is 1.44 bits per heavy atom. The molecular weight excluding hydrogens is 572 g/mol. The highest BCUT2D eigenvalue weighted by Gasteiger charge is 2.32. The minimum atomic E-state index is -1.00. The van der Waals surface area contributed by atoms with Gasteiger partial charge in [0.1, 0.15) is 5.82 Å². The lowest BCUT2D eigenvalue weighted by molar-refractivity contribution is 0.0696. The molecule has 4 N–H and O–H groups in total. The second kappa shape index (κ2) is 12.1. The molecule has 2 aromatic heterocycles. The summed E-state index contributed by atoms with van der Waals surface area (Å²) in [5.74, 6) is 1.53. The number of urea groups is 1. The second-order valence-corrected chi connectivity index (χ2v) is 11.7. The van der Waals surface area contributed by atoms with Crippen LogP contribution in [0.15, 0.2) is 48.5 Å². The summed E-state index contributed by atoms with van der Waals surface area (Å²) in [7, 11) is 0. The number of carbonyl (C=O) groups is 2. The number of aromatic carboxylic acids is 1. The Kier molecular flexibility index (Phi) is 7.66. The van der Waals surface area contributed by atoms with Crippen LogP contribution in [0.4, 0.5) is 34.1 Å². The quantitative estimate of drug-likeness (QED) is 0.225. The first-order chi connectivity index (χ1) is 21.9. The molecule has 45 heavy (non-hydrogen) atoms. The lowest BCUT2D eigenvalue weighted by Gasteiger charge is -2.30. The van der Waals surface area contributed by atoms with Gasteiger partial charge < -0.3 is 25.5 Å². The van der Waals surface area contributed by atoms with Crippen molar-refractivity contribution >= 4 is 41.4 Å². The summed E-state index contributed by atoms with van der Waals surface area (Å²) in [5.41, 5.74) is 4.10. The smallest absolute Gasteiger partial charge is 0.335 e. The molecule has 0 aliphatic carbocycles. The van der Waals surface area contributed by atoms with Gasteiger partial charge in [-0.05, 0) is 87.4 Å². The molecule has 5 heterocycles. The summed E-state index contributed by atoms with van der Waals surface area (Å²) in [5, 5.41) is 23.3. The highest BCUT2D eigenvalue weighted by molar-refractivity contribution is 5.93. The number of nitrogens with one attached hydrogen (secondary N) is 3. The monoisotopic (exact) mass is 608 g/mol. The summed E-state index contributed by atoms with van der Waals surface area (Å²) < 4.78 is 1.72. The number of carboxylic acid groups (broad SMARTS) is 1. The lowest BCUT2D eigenvalue weighted by atomic mass is 9.96. The molecule has 0 radical (unpaired) electrons. The van der Waals surface area contributed by atoms with Gasteiger partial charge in [0, 0.05) is 37.4 Å². The molecule has 4 aromatic rings. The van der Waals surface area contributed by atoms with Crippen LogP contribution >= 0.6 is 0 Å². The largest absolute Gasteiger partial charge is 0.478 e. The van der Waals surface area contributed by atoms with E-state index >= 15 is 0 Å². The number of benzene rings is 2. The Morgan fingerprint density at radius 3 is 2.02 bits per heavy atom. The predicted molar refractivity (Wildman–Crippen MR) is 171 cm³/mol. The first-order valence-electron chi connectivity index (χ1n) is 15.6. The zero-order chi connectivity index (χ0) is 30.9. The summed E-state index contributed by atoms with van der Waals surface area (Å²) in [6.07, 6.45) is 7.02. The van der Waals surface area contributed by atoms with E-state index in [9.17, 15) is 14.7 Å². The van der Waals surface area contributed by atoms with Crippen molar-refractivity contribution in [3.05, 3.63) is 70.9 Å². The zero-order valence-corrected chi connectivity index (χ0v) is 25.2. The van der Waals surface area contributed by atoms with E-state index in [4.69, 9.17) is 20.1 Å². The highest BCUT2D eigenvalue weighted by atomic mass is 16.4. The van der Waals surface area contributed by atoms with E-state index < -0.39 is 12.0 Å². The van der Waals surface area contributed by atoms with Crippen LogP contribution in [0.25, 0.3) is 5.69 Å². The molecule has 2 amide bonds. The maximum atomic E-state index is 12.7. The van der Waals surface area contributed by atoms with E-state index in [2.05, 4.69) is 25.8 Å². The van der Waals surface area contributed by atoms with Gasteiger partial charge in [0.2, 0.25) is 17.8 Å². The van der Waals surface area contributed by atoms with Crippen molar-refractivity contribution in [1.29, 1.82) is 0 Å². The third-order valence-electron chi connectivity index (χ3n) is 8.65. The Hall–Kier alpha value is -5.20. The van der Waals surface area contributed by atoms with Crippen molar-refractivity contribution in [1.82, 2.24) is 30.0 Å². The number of carbonyl (C=O) groups excluding carboxylic acids is 1. The van der Waals surface area contributed by atoms with Gasteiger partial charge in [-0.25, -0.2) is 14.3 Å². The number of nitrogens with zero attached hydrogens (tertiary/aromatic N) is 7. The van der Waals surface area contributed by atoms with Gasteiger partial charge in [-0.15, -0.1) is 0 Å². The molecule has 2 fully saturated rings. The molecule has 3 aliphatic heterocycles. The molecular formula is C32H36N10O3. The van der Waals surface area contributed by atoms with Gasteiger partial charge in [0.25, 0.3) is 0 Å². The van der Waals surface area contributed by atoms with Crippen molar-refractivity contribution in [2.24, 2.45) is 0 Å². The number of rotatable bonds is 7. The van der Waals surface area contributed by atoms with Gasteiger partial charge >= 0.3 is 12.0 Å². The first kappa shape index (κ1) is 28.6. The number of carboxylic acids is 1. The topological polar surface area (TPSA) is 153 Å². The number of piperidine rings is 2. The van der Waals surface area contributed by atoms with E-state index in [0.717, 1.165) is 92.0 Å². The summed E-state index contributed by atoms with van der Waals surface area (Å²) in [6, 6.07) is 13.4. The molecule has 232 valence electrons. The van der Waals surface area contributed by atoms with Crippen LogP contribution in [-0.2, 0) is 0 Å². The molecule has 7 rings (SSSR count). The number of fused-ring (bicyclic) bond motifs is 1. The third kappa shape index (κ3) is 5.85. The highest BCUT2D eigenvalue weighted by Crippen LogP contribution is 2.36. The molecule has 13 nitrogen and oxygen atoms in total. The van der Waals surface area contributed by atoms with Gasteiger partial charge in [0.05, 0.1) is 23.0 Å². The molecule has 1 unspecified atom stereocenters. The van der Waals surface area contributed by atoms with Gasteiger partial charge in [-0.1, -0.05) is 12.1 Å². The second-order valence-electron chi connectivity index (χ2n) is 11.7. The van der Waals surface area contributed by atoms with Crippen molar-refractivity contribution in [3.8, 4) is 5.69 Å². The summed E-state index contributed by atoms with van der Waals surface area (Å²) in [4.78, 5) is 43.1. The van der Waals surface area contributed by atoms with E-state index in [-0.39, 0.29) is 11.6 Å². The molecule has 2 aromatic carbocycles. The molecule has 0 bridgehead atoms. The van der Waals surface area contributed by atoms with Crippen LogP contribution in [0.5, 0.6) is 0 Å². The molecule has 1 atom stereocenters. The molecule has 2 saturated heterocycles. The average Bonchev–Trinajstić information content (AvgIpc) is 3.41. The molecule has 3 aliphatic rings. The van der Waals surface area contributed by atoms with E-state index in [1.54, 1.807) is 16.8 Å². The van der Waals surface area contributed by atoms with Crippen LogP contribution in [0.1, 0.15) is 71.7 Å². The number of hydrogen-bond acceptors (Lipinski definition) is 9. The Balaban J connectivity index is 1.16. The van der Waals surface area contributed by atoms with Crippen molar-refractivity contribution in [3.63, 3.8) is 0 Å². The van der Waals surface area contributed by atoms with Crippen LogP contribution in [0.3, 0.4) is 0 Å². The van der Waals surface area contributed by atoms with Crippen LogP contribution < -0.4 is 25.8 Å². The summed E-state index contributed by atoms with van der Waals surface area (Å²) in [6.45, 7) is 5.69. The van der Waals surface area contributed by atoms with Crippen LogP contribution in [0, 0.1) is 6.92 Å². The fourth-order valence-electron chi connectivity index (χ4n) is 6.30. The SMILES string of the molecule is Cc1nn(-c2ccc(Nc3nc(N4CCCCC4)nc(N4CCCCC4)n3)cc2)c2c1C(c1ccc(C(=O)O)cc1)NC(=O)N2. The maximum Gasteiger partial charge on any atom is 0.335 e. The van der Waals surface area contributed by atoms with Crippen LogP contribution in [-0.4, -0.2) is 68.0 Å². The van der Waals surface area contributed by atoms with Crippen molar-refractivity contribution in [2.75, 3.05) is 46.6 Å². The fourth-order valence-corrected chi connectivity index (χ4v) is 6.30. The standard InChI is InChI=1S/C32H36N10O3/c1-20-25-26(21-8-10-22(11-9-21)28(43)44)34-32(45)35-27(25)42(39-20)24-14-12-23(13-15-24)33-29-36-30(40-16-4-2-5-17-40)38-31(37-29)41-18-6-3-7-19-41/h8-15,26H,2-7,16-19H2,1H3,(H,43,44)(H2,34,35,45)(H,33,36,37,38). The van der Waals surface area contributed by atoms with E-state index in [0.29, 0.717) is 11.8 Å². The first-order valence-corrected chi connectivity index (χ1v) is 15.6. The van der Waals surface area contributed by atoms with Crippen LogP contribution in [0.2, 0.25) is 0 Å². The van der Waals surface area contributed by atoms with Gasteiger partial charge in [-0.3, -0.25) is 5.32 Å². The number of anilines is 5. The minimum absolute atomic E-state index is 0.183. The lowest BCUT2D eigenvalue weighted by Crippen LogP contribution is -2.38. The average molecular weight is 609 g/mol. The van der Waals surface area contributed by atoms with Gasteiger partial charge in [-0.2, -0.15) is 20.1 Å². The minimum Gasteiger partial charge on any atom is -0.478 e. The molecule has 0 saturated carbocycles. The normalized spacial score (nSPS) is 18.2. The Labute approximate surface area is 260 Å². The number of aryl methyl sites for hydroxylation is 1. The number of aromatic nitrogens is 5.